The Labute approximate surface area is 101 Å². The molecule has 1 aromatic heterocycles. The molecule has 0 amide bonds. The van der Waals surface area contributed by atoms with Crippen LogP contribution in [0.2, 0.25) is 0 Å². The van der Waals surface area contributed by atoms with Gasteiger partial charge in [0.05, 0.1) is 24.1 Å². The van der Waals surface area contributed by atoms with E-state index in [1.807, 2.05) is 0 Å². The quantitative estimate of drug-likeness (QED) is 0.715. The van der Waals surface area contributed by atoms with Crippen LogP contribution in [0.4, 0.5) is 15.8 Å². The fourth-order valence-corrected chi connectivity index (χ4v) is 1.49. The summed E-state index contributed by atoms with van der Waals surface area (Å²) < 4.78 is 18.0. The van der Waals surface area contributed by atoms with Gasteiger partial charge in [-0.1, -0.05) is 5.16 Å². The SMILES string of the molecule is Nc1c(F)ccc(NCc2ccno2)c1C(=O)O. The second-order valence-electron chi connectivity index (χ2n) is 3.52. The first kappa shape index (κ1) is 11.9. The number of hydrogen-bond acceptors (Lipinski definition) is 5. The molecule has 0 saturated heterocycles. The molecule has 18 heavy (non-hydrogen) atoms. The van der Waals surface area contributed by atoms with E-state index < -0.39 is 17.5 Å². The molecule has 6 nitrogen and oxygen atoms in total. The van der Waals surface area contributed by atoms with E-state index >= 15 is 0 Å². The fraction of sp³-hybridized carbons (Fsp3) is 0.0909. The van der Waals surface area contributed by atoms with E-state index in [1.54, 1.807) is 6.07 Å². The number of benzene rings is 1. The first-order valence-electron chi connectivity index (χ1n) is 5.04. The average Bonchev–Trinajstić information content (AvgIpc) is 2.83. The maximum atomic E-state index is 13.2. The maximum Gasteiger partial charge on any atom is 0.340 e. The van der Waals surface area contributed by atoms with Crippen molar-refractivity contribution in [3.05, 3.63) is 41.5 Å². The molecule has 0 fully saturated rings. The van der Waals surface area contributed by atoms with Gasteiger partial charge >= 0.3 is 5.97 Å². The standard InChI is InChI=1S/C11H10FN3O3/c12-7-1-2-8(9(10(7)13)11(16)17)14-5-6-3-4-15-18-6/h1-4,14H,5,13H2,(H,16,17). The lowest BCUT2D eigenvalue weighted by Gasteiger charge is -2.10. The number of rotatable bonds is 4. The molecule has 2 rings (SSSR count). The smallest absolute Gasteiger partial charge is 0.340 e. The first-order chi connectivity index (χ1) is 8.59. The van der Waals surface area contributed by atoms with Gasteiger partial charge in [-0.25, -0.2) is 9.18 Å². The van der Waals surface area contributed by atoms with Crippen molar-refractivity contribution in [1.29, 1.82) is 0 Å². The topological polar surface area (TPSA) is 101 Å². The van der Waals surface area contributed by atoms with Crippen LogP contribution < -0.4 is 11.1 Å². The van der Waals surface area contributed by atoms with Crippen molar-refractivity contribution in [2.45, 2.75) is 6.54 Å². The molecule has 0 bridgehead atoms. The second-order valence-corrected chi connectivity index (χ2v) is 3.52. The molecule has 7 heteroatoms. The summed E-state index contributed by atoms with van der Waals surface area (Å²) in [5.74, 6) is -1.54. The molecule has 0 aliphatic rings. The third kappa shape index (κ3) is 2.24. The Bertz CT molecular complexity index is 569. The van der Waals surface area contributed by atoms with Crippen LogP contribution in [0, 0.1) is 5.82 Å². The van der Waals surface area contributed by atoms with Crippen LogP contribution in [0.25, 0.3) is 0 Å². The molecule has 0 spiro atoms. The van der Waals surface area contributed by atoms with Crippen LogP contribution in [0.15, 0.2) is 28.9 Å². The normalized spacial score (nSPS) is 10.3. The number of nitrogens with two attached hydrogens (primary N) is 1. The van der Waals surface area contributed by atoms with Gasteiger partial charge in [-0.2, -0.15) is 0 Å². The molecule has 0 aliphatic heterocycles. The van der Waals surface area contributed by atoms with Gasteiger partial charge < -0.3 is 20.7 Å². The van der Waals surface area contributed by atoms with E-state index in [0.717, 1.165) is 6.07 Å². The summed E-state index contributed by atoms with van der Waals surface area (Å²) in [5.41, 5.74) is 4.93. The summed E-state index contributed by atoms with van der Waals surface area (Å²) in [6, 6.07) is 4.04. The third-order valence-corrected chi connectivity index (χ3v) is 2.35. The van der Waals surface area contributed by atoms with E-state index in [0.29, 0.717) is 5.76 Å². The lowest BCUT2D eigenvalue weighted by Crippen LogP contribution is -2.10. The van der Waals surface area contributed by atoms with Gasteiger partial charge in [0.1, 0.15) is 11.4 Å². The molecule has 0 unspecified atom stereocenters. The highest BCUT2D eigenvalue weighted by molar-refractivity contribution is 6.00. The Morgan fingerprint density at radius 1 is 1.50 bits per heavy atom. The van der Waals surface area contributed by atoms with Crippen LogP contribution >= 0.6 is 0 Å². The minimum absolute atomic E-state index is 0.220. The highest BCUT2D eigenvalue weighted by atomic mass is 19.1. The number of carboxylic acids is 1. The zero-order chi connectivity index (χ0) is 13.1. The highest BCUT2D eigenvalue weighted by Crippen LogP contribution is 2.25. The van der Waals surface area contributed by atoms with E-state index in [-0.39, 0.29) is 17.8 Å². The number of carboxylic acid groups (broad SMARTS) is 1. The fourth-order valence-electron chi connectivity index (χ4n) is 1.49. The second kappa shape index (κ2) is 4.74. The Kier molecular flexibility index (Phi) is 3.13. The summed E-state index contributed by atoms with van der Waals surface area (Å²) in [7, 11) is 0. The molecule has 1 heterocycles. The Hall–Kier alpha value is -2.57. The minimum Gasteiger partial charge on any atom is -0.478 e. The molecule has 0 radical (unpaired) electrons. The molecule has 94 valence electrons. The van der Waals surface area contributed by atoms with Crippen LogP contribution in [0.3, 0.4) is 0 Å². The van der Waals surface area contributed by atoms with Crippen molar-refractivity contribution in [2.24, 2.45) is 0 Å². The van der Waals surface area contributed by atoms with Crippen LogP contribution in [0.1, 0.15) is 16.1 Å². The lowest BCUT2D eigenvalue weighted by atomic mass is 10.1. The summed E-state index contributed by atoms with van der Waals surface area (Å²) in [5, 5.41) is 15.3. The molecule has 2 aromatic rings. The number of hydrogen-bond donors (Lipinski definition) is 3. The van der Waals surface area contributed by atoms with Crippen LogP contribution in [-0.4, -0.2) is 16.2 Å². The average molecular weight is 251 g/mol. The zero-order valence-electron chi connectivity index (χ0n) is 9.18. The predicted octanol–water partition coefficient (Wildman–Crippen LogP) is 1.71. The monoisotopic (exact) mass is 251 g/mol. The van der Waals surface area contributed by atoms with Crippen molar-refractivity contribution >= 4 is 17.3 Å². The minimum atomic E-state index is -1.30. The Balaban J connectivity index is 2.27. The van der Waals surface area contributed by atoms with Crippen molar-refractivity contribution in [3.8, 4) is 0 Å². The van der Waals surface area contributed by atoms with Crippen molar-refractivity contribution in [2.75, 3.05) is 11.1 Å². The van der Waals surface area contributed by atoms with Gasteiger partial charge in [-0.3, -0.25) is 0 Å². The summed E-state index contributed by atoms with van der Waals surface area (Å²) in [4.78, 5) is 11.0. The van der Waals surface area contributed by atoms with E-state index in [1.165, 1.54) is 12.3 Å². The van der Waals surface area contributed by atoms with Crippen molar-refractivity contribution < 1.29 is 18.8 Å². The van der Waals surface area contributed by atoms with Gasteiger partial charge in [-0.15, -0.1) is 0 Å². The van der Waals surface area contributed by atoms with Gasteiger partial charge in [0, 0.05) is 6.07 Å². The van der Waals surface area contributed by atoms with Crippen LogP contribution in [0.5, 0.6) is 0 Å². The zero-order valence-corrected chi connectivity index (χ0v) is 9.18. The van der Waals surface area contributed by atoms with E-state index in [4.69, 9.17) is 15.4 Å². The Morgan fingerprint density at radius 3 is 2.89 bits per heavy atom. The largest absolute Gasteiger partial charge is 0.478 e. The molecule has 0 saturated carbocycles. The molecule has 0 aliphatic carbocycles. The molecule has 0 atom stereocenters. The molecule has 1 aromatic carbocycles. The van der Waals surface area contributed by atoms with Crippen molar-refractivity contribution in [3.63, 3.8) is 0 Å². The summed E-state index contributed by atoms with van der Waals surface area (Å²) >= 11 is 0. The van der Waals surface area contributed by atoms with Crippen molar-refractivity contribution in [1.82, 2.24) is 5.16 Å². The highest BCUT2D eigenvalue weighted by Gasteiger charge is 2.17. The number of nitrogen functional groups attached to an aromatic ring is 1. The van der Waals surface area contributed by atoms with Gasteiger partial charge in [0.2, 0.25) is 0 Å². The predicted molar refractivity (Wildman–Crippen MR) is 61.6 cm³/mol. The summed E-state index contributed by atoms with van der Waals surface area (Å²) in [6.07, 6.45) is 1.47. The first-order valence-corrected chi connectivity index (χ1v) is 5.04. The number of nitrogens with zero attached hydrogens (tertiary/aromatic N) is 1. The van der Waals surface area contributed by atoms with E-state index in [9.17, 15) is 9.18 Å². The van der Waals surface area contributed by atoms with Gasteiger partial charge in [0.15, 0.2) is 5.76 Å². The maximum absolute atomic E-state index is 13.2. The summed E-state index contributed by atoms with van der Waals surface area (Å²) in [6.45, 7) is 0.228. The molecular weight excluding hydrogens is 241 g/mol. The Morgan fingerprint density at radius 2 is 2.28 bits per heavy atom. The number of aromatic carboxylic acids is 1. The number of carbonyl (C=O) groups is 1. The number of nitrogens with one attached hydrogen (secondary N) is 1. The molecule has 4 N–H and O–H groups in total. The molecular formula is C11H10FN3O3. The lowest BCUT2D eigenvalue weighted by molar-refractivity contribution is 0.0698. The van der Waals surface area contributed by atoms with E-state index in [2.05, 4.69) is 10.5 Å². The van der Waals surface area contributed by atoms with Crippen LogP contribution in [-0.2, 0) is 6.54 Å². The number of anilines is 2. The number of halogens is 1. The van der Waals surface area contributed by atoms with Gasteiger partial charge in [-0.05, 0) is 12.1 Å². The van der Waals surface area contributed by atoms with Gasteiger partial charge in [0.25, 0.3) is 0 Å². The number of aromatic nitrogens is 1. The third-order valence-electron chi connectivity index (χ3n) is 2.35.